The van der Waals surface area contributed by atoms with E-state index in [2.05, 4.69) is 5.32 Å². The summed E-state index contributed by atoms with van der Waals surface area (Å²) in [6.07, 6.45) is 2.78. The molecule has 0 fully saturated rings. The highest BCUT2D eigenvalue weighted by molar-refractivity contribution is 7.98. The third-order valence-electron chi connectivity index (χ3n) is 4.32. The summed E-state index contributed by atoms with van der Waals surface area (Å²) in [6, 6.07) is 15.0. The molecule has 0 aliphatic rings. The number of rotatable bonds is 11. The Morgan fingerprint density at radius 2 is 1.83 bits per heavy atom. The molecular formula is C21H27ClN2O3S2. The Balaban J connectivity index is 1.77. The molecule has 158 valence electrons. The first-order valence-electron chi connectivity index (χ1n) is 9.45. The number of carbonyl (C=O) groups is 1. The summed E-state index contributed by atoms with van der Waals surface area (Å²) in [4.78, 5) is 12.3. The van der Waals surface area contributed by atoms with Crippen molar-refractivity contribution in [3.8, 4) is 0 Å². The highest BCUT2D eigenvalue weighted by Crippen LogP contribution is 2.21. The topological polar surface area (TPSA) is 66.5 Å². The fourth-order valence-corrected chi connectivity index (χ4v) is 4.79. The molecule has 0 saturated carbocycles. The van der Waals surface area contributed by atoms with Crippen molar-refractivity contribution < 1.29 is 13.2 Å². The number of hydrogen-bond acceptors (Lipinski definition) is 4. The maximum atomic E-state index is 12.3. The highest BCUT2D eigenvalue weighted by atomic mass is 35.5. The first kappa shape index (κ1) is 23.6. The second kappa shape index (κ2) is 11.5. The molecule has 2 rings (SSSR count). The van der Waals surface area contributed by atoms with Crippen LogP contribution in [0.1, 0.15) is 24.5 Å². The zero-order valence-electron chi connectivity index (χ0n) is 16.7. The van der Waals surface area contributed by atoms with Crippen molar-refractivity contribution in [3.05, 3.63) is 64.7 Å². The van der Waals surface area contributed by atoms with E-state index in [0.717, 1.165) is 51.1 Å². The molecule has 0 aliphatic heterocycles. The SMILES string of the molecule is CCc1ccc(N(CC(=O)NCCCSCc2ccccc2Cl)S(C)(=O)=O)cc1. The number of halogens is 1. The van der Waals surface area contributed by atoms with Gasteiger partial charge in [-0.1, -0.05) is 48.9 Å². The second-order valence-electron chi connectivity index (χ2n) is 6.64. The molecular weight excluding hydrogens is 428 g/mol. The van der Waals surface area contributed by atoms with E-state index in [4.69, 9.17) is 11.6 Å². The number of carbonyl (C=O) groups excluding carboxylic acids is 1. The van der Waals surface area contributed by atoms with Crippen LogP contribution < -0.4 is 9.62 Å². The largest absolute Gasteiger partial charge is 0.354 e. The van der Waals surface area contributed by atoms with E-state index < -0.39 is 10.0 Å². The van der Waals surface area contributed by atoms with Gasteiger partial charge in [0, 0.05) is 17.3 Å². The van der Waals surface area contributed by atoms with E-state index in [1.807, 2.05) is 43.3 Å². The number of aryl methyl sites for hydroxylation is 1. The summed E-state index contributed by atoms with van der Waals surface area (Å²) in [5.74, 6) is 1.38. The summed E-state index contributed by atoms with van der Waals surface area (Å²) in [5.41, 5.74) is 2.71. The van der Waals surface area contributed by atoms with Gasteiger partial charge in [-0.2, -0.15) is 11.8 Å². The number of hydrogen-bond donors (Lipinski definition) is 1. The standard InChI is InChI=1S/C21H27ClN2O3S2/c1-3-17-9-11-19(12-10-17)24(29(2,26)27)15-21(25)23-13-6-14-28-16-18-7-4-5-8-20(18)22/h4-5,7-12H,3,6,13-16H2,1-2H3,(H,23,25). The predicted octanol–water partition coefficient (Wildman–Crippen LogP) is 4.11. The minimum atomic E-state index is -3.55. The fourth-order valence-electron chi connectivity index (χ4n) is 2.68. The van der Waals surface area contributed by atoms with Gasteiger partial charge in [-0.15, -0.1) is 0 Å². The van der Waals surface area contributed by atoms with Crippen molar-refractivity contribution in [2.24, 2.45) is 0 Å². The van der Waals surface area contributed by atoms with Crippen LogP contribution in [0.25, 0.3) is 0 Å². The Bertz CT molecular complexity index is 902. The lowest BCUT2D eigenvalue weighted by molar-refractivity contribution is -0.119. The zero-order valence-corrected chi connectivity index (χ0v) is 19.1. The number of anilines is 1. The summed E-state index contributed by atoms with van der Waals surface area (Å²) in [7, 11) is -3.55. The monoisotopic (exact) mass is 454 g/mol. The number of nitrogens with zero attached hydrogens (tertiary/aromatic N) is 1. The second-order valence-corrected chi connectivity index (χ2v) is 10.1. The van der Waals surface area contributed by atoms with Crippen LogP contribution in [0.3, 0.4) is 0 Å². The van der Waals surface area contributed by atoms with Gasteiger partial charge in [0.15, 0.2) is 0 Å². The Kier molecular flexibility index (Phi) is 9.33. The van der Waals surface area contributed by atoms with Crippen molar-refractivity contribution in [1.82, 2.24) is 5.32 Å². The molecule has 1 amide bonds. The minimum absolute atomic E-state index is 0.225. The number of benzene rings is 2. The molecule has 0 saturated heterocycles. The molecule has 0 heterocycles. The van der Waals surface area contributed by atoms with Crippen LogP contribution in [0.2, 0.25) is 5.02 Å². The van der Waals surface area contributed by atoms with Gasteiger partial charge >= 0.3 is 0 Å². The average Bonchev–Trinajstić information content (AvgIpc) is 2.69. The van der Waals surface area contributed by atoms with Gasteiger partial charge < -0.3 is 5.32 Å². The molecule has 0 aliphatic carbocycles. The first-order chi connectivity index (χ1) is 13.8. The van der Waals surface area contributed by atoms with Crippen LogP contribution in [0, 0.1) is 0 Å². The molecule has 29 heavy (non-hydrogen) atoms. The molecule has 1 N–H and O–H groups in total. The fraction of sp³-hybridized carbons (Fsp3) is 0.381. The highest BCUT2D eigenvalue weighted by Gasteiger charge is 2.20. The van der Waals surface area contributed by atoms with Crippen LogP contribution >= 0.6 is 23.4 Å². The van der Waals surface area contributed by atoms with Crippen LogP contribution in [0.4, 0.5) is 5.69 Å². The molecule has 0 bridgehead atoms. The van der Waals surface area contributed by atoms with Crippen LogP contribution in [-0.2, 0) is 27.0 Å². The smallest absolute Gasteiger partial charge is 0.240 e. The van der Waals surface area contributed by atoms with Crippen LogP contribution in [-0.4, -0.2) is 39.4 Å². The van der Waals surface area contributed by atoms with Crippen molar-refractivity contribution >= 4 is 45.0 Å². The van der Waals surface area contributed by atoms with E-state index >= 15 is 0 Å². The number of nitrogens with one attached hydrogen (secondary N) is 1. The third-order valence-corrected chi connectivity index (χ3v) is 6.92. The van der Waals surface area contributed by atoms with Gasteiger partial charge in [0.1, 0.15) is 6.54 Å². The van der Waals surface area contributed by atoms with Gasteiger partial charge in [0.2, 0.25) is 15.9 Å². The molecule has 0 atom stereocenters. The molecule has 0 unspecified atom stereocenters. The minimum Gasteiger partial charge on any atom is -0.354 e. The van der Waals surface area contributed by atoms with Gasteiger partial charge in [0.05, 0.1) is 11.9 Å². The molecule has 0 spiro atoms. The van der Waals surface area contributed by atoms with Crippen molar-refractivity contribution in [2.75, 3.05) is 29.4 Å². The van der Waals surface area contributed by atoms with E-state index in [0.29, 0.717) is 12.2 Å². The van der Waals surface area contributed by atoms with Gasteiger partial charge in [0.25, 0.3) is 0 Å². The van der Waals surface area contributed by atoms with Crippen molar-refractivity contribution in [1.29, 1.82) is 0 Å². The van der Waals surface area contributed by atoms with Gasteiger partial charge in [-0.05, 0) is 47.9 Å². The van der Waals surface area contributed by atoms with Gasteiger partial charge in [-0.25, -0.2) is 8.42 Å². The maximum Gasteiger partial charge on any atom is 0.240 e. The Morgan fingerprint density at radius 3 is 2.45 bits per heavy atom. The molecule has 0 aromatic heterocycles. The summed E-state index contributed by atoms with van der Waals surface area (Å²) < 4.78 is 25.4. The number of sulfonamides is 1. The third kappa shape index (κ3) is 7.91. The summed E-state index contributed by atoms with van der Waals surface area (Å²) in [5, 5.41) is 3.57. The van der Waals surface area contributed by atoms with Crippen LogP contribution in [0.15, 0.2) is 48.5 Å². The Hall–Kier alpha value is -1.70. The van der Waals surface area contributed by atoms with Crippen molar-refractivity contribution in [2.45, 2.75) is 25.5 Å². The quantitative estimate of drug-likeness (QED) is 0.519. The summed E-state index contributed by atoms with van der Waals surface area (Å²) in [6.45, 7) is 2.31. The molecule has 0 radical (unpaired) electrons. The molecule has 5 nitrogen and oxygen atoms in total. The number of amides is 1. The number of thioether (sulfide) groups is 1. The molecule has 2 aromatic rings. The maximum absolute atomic E-state index is 12.3. The lowest BCUT2D eigenvalue weighted by Crippen LogP contribution is -2.40. The molecule has 8 heteroatoms. The Morgan fingerprint density at radius 1 is 1.14 bits per heavy atom. The van der Waals surface area contributed by atoms with E-state index in [1.54, 1.807) is 23.9 Å². The lowest BCUT2D eigenvalue weighted by atomic mass is 10.1. The lowest BCUT2D eigenvalue weighted by Gasteiger charge is -2.22. The molecule has 2 aromatic carbocycles. The summed E-state index contributed by atoms with van der Waals surface area (Å²) >= 11 is 7.88. The average molecular weight is 455 g/mol. The zero-order chi connectivity index (χ0) is 21.3. The normalized spacial score (nSPS) is 11.3. The van der Waals surface area contributed by atoms with E-state index in [-0.39, 0.29) is 12.5 Å². The first-order valence-corrected chi connectivity index (χ1v) is 12.8. The van der Waals surface area contributed by atoms with Crippen molar-refractivity contribution in [3.63, 3.8) is 0 Å². The van der Waals surface area contributed by atoms with E-state index in [1.165, 1.54) is 0 Å². The van der Waals surface area contributed by atoms with Gasteiger partial charge in [-0.3, -0.25) is 9.10 Å². The van der Waals surface area contributed by atoms with Crippen LogP contribution in [0.5, 0.6) is 0 Å². The van der Waals surface area contributed by atoms with E-state index in [9.17, 15) is 13.2 Å². The Labute approximate surface area is 182 Å². The predicted molar refractivity (Wildman–Crippen MR) is 123 cm³/mol.